The molecule has 0 amide bonds. The SMILES string of the molecule is CCc1ccc(O)cc1.Cc1ccccc1C.O.O.[Ac].[Ac].[C-]#[N+]c1c(C(F)(F)F)cc(-c2ccc(Br)cc2)n(Cc2ccc(C)cc2C)c1=O.[C-]#[N+]c1c(C(F)(F)F)cc(-c2ccc(Oc3ccc(CC)cc3)cc2)n(Cc2ccc(C)cc2C)c1=O.[Pd]. The molecule has 2 aromatic heterocycles. The molecule has 0 atom stereocenters. The van der Waals surface area contributed by atoms with Crippen LogP contribution in [0.1, 0.15) is 80.6 Å². The number of alkyl halides is 6. The number of benzene rings is 7. The van der Waals surface area contributed by atoms with Crippen LogP contribution >= 0.6 is 15.9 Å². The van der Waals surface area contributed by atoms with E-state index in [0.29, 0.717) is 28.4 Å². The first kappa shape index (κ1) is 80.6. The van der Waals surface area contributed by atoms with Crippen molar-refractivity contribution in [3.05, 3.63) is 285 Å². The number of hydrogen-bond donors (Lipinski definition) is 1. The van der Waals surface area contributed by atoms with E-state index in [2.05, 4.69) is 77.6 Å². The van der Waals surface area contributed by atoms with E-state index in [0.717, 1.165) is 62.8 Å². The summed E-state index contributed by atoms with van der Waals surface area (Å²) in [4.78, 5) is 32.1. The minimum atomic E-state index is -4.85. The van der Waals surface area contributed by atoms with Gasteiger partial charge in [0.25, 0.3) is 22.5 Å². The van der Waals surface area contributed by atoms with E-state index in [9.17, 15) is 35.9 Å². The Bertz CT molecular complexity index is 3920. The van der Waals surface area contributed by atoms with Crippen LogP contribution in [0, 0.1) is 143 Å². The Balaban J connectivity index is 0.000000670. The summed E-state index contributed by atoms with van der Waals surface area (Å²) >= 11 is 3.30. The summed E-state index contributed by atoms with van der Waals surface area (Å²) in [6.07, 6.45) is -7.71. The molecule has 0 fully saturated rings. The molecule has 2 heterocycles. The van der Waals surface area contributed by atoms with Crippen molar-refractivity contribution in [1.29, 1.82) is 0 Å². The number of rotatable bonds is 10. The normalized spacial score (nSPS) is 10.3. The molecule has 0 aliphatic rings. The largest absolute Gasteiger partial charge is 0.508 e. The Morgan fingerprint density at radius 2 is 0.841 bits per heavy atom. The summed E-state index contributed by atoms with van der Waals surface area (Å²) in [5.41, 5.74) is 5.45. The Morgan fingerprint density at radius 1 is 0.500 bits per heavy atom. The fourth-order valence-electron chi connectivity index (χ4n) is 8.74. The molecule has 7 aromatic carbocycles. The van der Waals surface area contributed by atoms with E-state index in [-0.39, 0.29) is 144 Å². The molecule has 0 aliphatic heterocycles. The average Bonchev–Trinajstić information content (AvgIpc) is 0.918. The number of phenols is 1. The minimum Gasteiger partial charge on any atom is -0.508 e. The first-order chi connectivity index (χ1) is 39.3. The Morgan fingerprint density at radius 3 is 1.16 bits per heavy atom. The van der Waals surface area contributed by atoms with Crippen molar-refractivity contribution in [2.45, 2.75) is 93.7 Å². The standard InChI is InChI=1S/C30H25F3N2O2.C22H16BrF3N2O.C8H10O.C8H10.2Ac.2H2O.Pd/c1-5-21-7-12-24(13-8-21)37-25-14-10-22(11-15-25)27-17-26(30(31,32)33)28(34-4)29(36)35(27)18-23-9-6-19(2)16-20(23)3;1-13-4-5-16(14(2)10-13)12-28-19(15-6-8-17(23)9-7-15)11-18(22(24,25)26)20(27-3)21(28)29;1-2-7-3-5-8(9)6-4-7;1-7-5-3-4-6-8(7)2;;;;;/h6-17H,5,18H2,1-3H3;4-11H,12H2,1-2H3;3-6,9H,2H2,1H3;3-6H,1-2H3;;;2*1H2;. The summed E-state index contributed by atoms with van der Waals surface area (Å²) in [6.45, 7) is 30.6. The molecular weight excluding hydrogens is 1720 g/mol. The molecule has 0 aliphatic carbocycles. The van der Waals surface area contributed by atoms with Gasteiger partial charge in [0.2, 0.25) is 0 Å². The van der Waals surface area contributed by atoms with Gasteiger partial charge in [-0.1, -0.05) is 138 Å². The predicted octanol–water partition coefficient (Wildman–Crippen LogP) is 17.2. The third-order valence-electron chi connectivity index (χ3n) is 13.7. The van der Waals surface area contributed by atoms with Crippen molar-refractivity contribution in [2.24, 2.45) is 0 Å². The zero-order valence-corrected chi connectivity index (χ0v) is 62.2. The third-order valence-corrected chi connectivity index (χ3v) is 14.2. The van der Waals surface area contributed by atoms with E-state index in [1.807, 2.05) is 100 Å². The summed E-state index contributed by atoms with van der Waals surface area (Å²) in [7, 11) is 0. The van der Waals surface area contributed by atoms with Crippen LogP contribution in [0.4, 0.5) is 37.7 Å². The van der Waals surface area contributed by atoms with Crippen LogP contribution in [0.25, 0.3) is 32.2 Å². The number of phenolic OH excluding ortho intramolecular Hbond substituents is 1. The van der Waals surface area contributed by atoms with Crippen LogP contribution in [0.15, 0.2) is 184 Å². The number of hydrogen-bond acceptors (Lipinski definition) is 4. The molecule has 0 saturated heterocycles. The third kappa shape index (κ3) is 22.2. The second kappa shape index (κ2) is 37.0. The van der Waals surface area contributed by atoms with E-state index in [4.69, 9.17) is 23.0 Å². The van der Waals surface area contributed by atoms with Crippen LogP contribution in [0.3, 0.4) is 0 Å². The quantitative estimate of drug-likeness (QED) is 0.0825. The van der Waals surface area contributed by atoms with Crippen LogP contribution in [0.2, 0.25) is 0 Å². The van der Waals surface area contributed by atoms with Gasteiger partial charge in [0.15, 0.2) is 0 Å². The second-order valence-corrected chi connectivity index (χ2v) is 20.6. The Labute approximate surface area is 603 Å². The number of ether oxygens (including phenoxy) is 1. The first-order valence-electron chi connectivity index (χ1n) is 26.4. The molecule has 9 rings (SSSR count). The number of aromatic hydroxyl groups is 1. The number of nitrogens with zero attached hydrogens (tertiary/aromatic N) is 4. The van der Waals surface area contributed by atoms with E-state index >= 15 is 0 Å². The van der Waals surface area contributed by atoms with E-state index in [1.165, 1.54) is 31.4 Å². The van der Waals surface area contributed by atoms with Gasteiger partial charge in [-0.05, 0) is 183 Å². The molecule has 20 heteroatoms. The average molecular weight is 1790 g/mol. The number of aromatic nitrogens is 2. The van der Waals surface area contributed by atoms with Gasteiger partial charge in [0.05, 0.1) is 37.4 Å². The second-order valence-electron chi connectivity index (χ2n) is 19.7. The maximum Gasteiger partial charge on any atom is 0.407 e. The van der Waals surface area contributed by atoms with Crippen LogP contribution < -0.4 is 15.9 Å². The first-order valence-corrected chi connectivity index (χ1v) is 27.1. The molecule has 9 aromatic rings. The summed E-state index contributed by atoms with van der Waals surface area (Å²) in [5, 5.41) is 8.85. The number of pyridine rings is 2. The molecule has 0 spiro atoms. The van der Waals surface area contributed by atoms with Gasteiger partial charge in [-0.3, -0.25) is 9.59 Å². The van der Waals surface area contributed by atoms with Crippen molar-refractivity contribution in [3.8, 4) is 39.8 Å². The van der Waals surface area contributed by atoms with Crippen molar-refractivity contribution in [2.75, 3.05) is 0 Å². The fraction of sp³-hybridized carbons (Fsp3) is 0.206. The predicted molar refractivity (Wildman–Crippen MR) is 329 cm³/mol. The smallest absolute Gasteiger partial charge is 0.407 e. The maximum atomic E-state index is 13.8. The minimum absolute atomic E-state index is 0. The molecule has 0 unspecified atom stereocenters. The molecule has 5 N–H and O–H groups in total. The van der Waals surface area contributed by atoms with Gasteiger partial charge in [-0.15, -0.1) is 0 Å². The summed E-state index contributed by atoms with van der Waals surface area (Å²) in [6, 6.07) is 49.5. The van der Waals surface area contributed by atoms with Gasteiger partial charge in [0, 0.05) is 124 Å². The molecule has 0 bridgehead atoms. The van der Waals surface area contributed by atoms with Gasteiger partial charge < -0.3 is 29.9 Å². The molecule has 0 saturated carbocycles. The van der Waals surface area contributed by atoms with Crippen molar-refractivity contribution < 1.29 is 156 Å². The monoisotopic (exact) mass is 1790 g/mol. The topological polar surface area (TPSA) is 145 Å². The van der Waals surface area contributed by atoms with Crippen LogP contribution in [-0.2, 0) is 58.7 Å². The Hall–Kier alpha value is -5.45. The van der Waals surface area contributed by atoms with Crippen molar-refractivity contribution >= 4 is 27.3 Å². The van der Waals surface area contributed by atoms with Gasteiger partial charge in [-0.2, -0.15) is 26.3 Å². The molecule has 458 valence electrons. The van der Waals surface area contributed by atoms with Gasteiger partial charge in [0.1, 0.15) is 17.2 Å². The van der Waals surface area contributed by atoms with Crippen LogP contribution in [0.5, 0.6) is 17.2 Å². The van der Waals surface area contributed by atoms with Crippen molar-refractivity contribution in [3.63, 3.8) is 0 Å². The zero-order valence-electron chi connectivity index (χ0n) is 49.6. The maximum absolute atomic E-state index is 13.8. The van der Waals surface area contributed by atoms with Gasteiger partial charge >= 0.3 is 12.4 Å². The molecule has 2 radical (unpaired) electrons. The molecule has 10 nitrogen and oxygen atoms in total. The fourth-order valence-corrected chi connectivity index (χ4v) is 9.00. The molecule has 88 heavy (non-hydrogen) atoms. The van der Waals surface area contributed by atoms with Crippen molar-refractivity contribution in [1.82, 2.24) is 9.13 Å². The summed E-state index contributed by atoms with van der Waals surface area (Å²) < 4.78 is 91.2. The molecular formula is C68H65Ac2BrF6N4O6Pd. The van der Waals surface area contributed by atoms with Gasteiger partial charge in [-0.25, -0.2) is 9.69 Å². The summed E-state index contributed by atoms with van der Waals surface area (Å²) in [5.74, 6) is 1.48. The number of halogens is 7. The number of aryl methyl sites for hydroxylation is 8. The van der Waals surface area contributed by atoms with E-state index < -0.39 is 46.0 Å². The Kier molecular flexibility index (Phi) is 33.9. The zero-order chi connectivity index (χ0) is 60.8. The van der Waals surface area contributed by atoms with Crippen LogP contribution in [-0.4, -0.2) is 25.2 Å². The van der Waals surface area contributed by atoms with E-state index in [1.54, 1.807) is 60.7 Å².